The molecule has 0 saturated carbocycles. The predicted octanol–water partition coefficient (Wildman–Crippen LogP) is 4.40. The zero-order valence-corrected chi connectivity index (χ0v) is 14.7. The van der Waals surface area contributed by atoms with Crippen LogP contribution in [0.3, 0.4) is 0 Å². The van der Waals surface area contributed by atoms with Gasteiger partial charge < -0.3 is 14.4 Å². The minimum absolute atomic E-state index is 0.116. The summed E-state index contributed by atoms with van der Waals surface area (Å²) >= 11 is 5.88. The largest absolute Gasteiger partial charge is 0.444 e. The molecule has 128 valence electrons. The first kappa shape index (κ1) is 18.0. The van der Waals surface area contributed by atoms with E-state index in [1.165, 1.54) is 12.1 Å². The number of amides is 1. The smallest absolute Gasteiger partial charge is 0.410 e. The van der Waals surface area contributed by atoms with Crippen molar-refractivity contribution < 1.29 is 18.7 Å². The SMILES string of the molecule is CC(C)(C)OC(=O)N1CCC(C)(OCc2cc(Cl)ccc2F)C1. The van der Waals surface area contributed by atoms with E-state index in [0.717, 1.165) is 0 Å². The highest BCUT2D eigenvalue weighted by atomic mass is 35.5. The molecule has 1 atom stereocenters. The van der Waals surface area contributed by atoms with Gasteiger partial charge in [-0.15, -0.1) is 0 Å². The molecule has 1 saturated heterocycles. The average Bonchev–Trinajstić information content (AvgIpc) is 2.81. The molecule has 0 bridgehead atoms. The van der Waals surface area contributed by atoms with Crippen LogP contribution in [0.1, 0.15) is 39.7 Å². The summed E-state index contributed by atoms with van der Waals surface area (Å²) in [5.41, 5.74) is -0.638. The van der Waals surface area contributed by atoms with E-state index in [2.05, 4.69) is 0 Å². The van der Waals surface area contributed by atoms with Crippen molar-refractivity contribution in [2.45, 2.75) is 51.9 Å². The number of nitrogens with zero attached hydrogens (tertiary/aromatic N) is 1. The van der Waals surface area contributed by atoms with Gasteiger partial charge in [-0.3, -0.25) is 0 Å². The highest BCUT2D eigenvalue weighted by Crippen LogP contribution is 2.28. The van der Waals surface area contributed by atoms with E-state index in [-0.39, 0.29) is 18.5 Å². The lowest BCUT2D eigenvalue weighted by atomic mass is 10.1. The number of benzene rings is 1. The summed E-state index contributed by atoms with van der Waals surface area (Å²) < 4.78 is 25.0. The second-order valence-electron chi connectivity index (χ2n) is 7.13. The number of ether oxygens (including phenoxy) is 2. The monoisotopic (exact) mass is 343 g/mol. The van der Waals surface area contributed by atoms with Gasteiger partial charge >= 0.3 is 6.09 Å². The van der Waals surface area contributed by atoms with Crippen LogP contribution < -0.4 is 0 Å². The molecule has 1 aliphatic heterocycles. The van der Waals surface area contributed by atoms with Crippen molar-refractivity contribution in [2.24, 2.45) is 0 Å². The number of rotatable bonds is 3. The highest BCUT2D eigenvalue weighted by molar-refractivity contribution is 6.30. The molecule has 0 aliphatic carbocycles. The standard InChI is InChI=1S/C17H23ClFNO3/c1-16(2,3)23-15(21)20-8-7-17(4,11-20)22-10-12-9-13(18)5-6-14(12)19/h5-6,9H,7-8,10-11H2,1-4H3. The predicted molar refractivity (Wildman–Crippen MR) is 87.0 cm³/mol. The number of carbonyl (C=O) groups excluding carboxylic acids is 1. The Bertz CT molecular complexity index is 588. The fourth-order valence-electron chi connectivity index (χ4n) is 2.44. The Kier molecular flexibility index (Phi) is 5.21. The Morgan fingerprint density at radius 2 is 2.13 bits per heavy atom. The van der Waals surface area contributed by atoms with Gasteiger partial charge in [-0.25, -0.2) is 9.18 Å². The Morgan fingerprint density at radius 3 is 2.78 bits per heavy atom. The van der Waals surface area contributed by atoms with Gasteiger partial charge in [-0.2, -0.15) is 0 Å². The van der Waals surface area contributed by atoms with Crippen molar-refractivity contribution in [3.63, 3.8) is 0 Å². The first-order valence-electron chi connectivity index (χ1n) is 7.64. The maximum Gasteiger partial charge on any atom is 0.410 e. The van der Waals surface area contributed by atoms with E-state index in [1.807, 2.05) is 27.7 Å². The van der Waals surface area contributed by atoms with Gasteiger partial charge in [0.25, 0.3) is 0 Å². The van der Waals surface area contributed by atoms with Gasteiger partial charge in [-0.05, 0) is 52.3 Å². The van der Waals surface area contributed by atoms with Crippen LogP contribution in [0, 0.1) is 5.82 Å². The van der Waals surface area contributed by atoms with Gasteiger partial charge in [0, 0.05) is 17.1 Å². The van der Waals surface area contributed by atoms with E-state index in [9.17, 15) is 9.18 Å². The van der Waals surface area contributed by atoms with Crippen LogP contribution in [0.15, 0.2) is 18.2 Å². The highest BCUT2D eigenvalue weighted by Gasteiger charge is 2.38. The van der Waals surface area contributed by atoms with E-state index in [1.54, 1.807) is 11.0 Å². The van der Waals surface area contributed by atoms with Crippen LogP contribution in [0.5, 0.6) is 0 Å². The van der Waals surface area contributed by atoms with Gasteiger partial charge in [0.1, 0.15) is 11.4 Å². The summed E-state index contributed by atoms with van der Waals surface area (Å²) in [6.07, 6.45) is 0.327. The Labute approximate surface area is 141 Å². The van der Waals surface area contributed by atoms with Gasteiger partial charge in [0.15, 0.2) is 0 Å². The first-order valence-corrected chi connectivity index (χ1v) is 8.02. The number of carbonyl (C=O) groups is 1. The van der Waals surface area contributed by atoms with Crippen LogP contribution in [0.2, 0.25) is 5.02 Å². The summed E-state index contributed by atoms with van der Waals surface area (Å²) in [7, 11) is 0. The minimum Gasteiger partial charge on any atom is -0.444 e. The molecule has 1 aromatic carbocycles. The van der Waals surface area contributed by atoms with Crippen molar-refractivity contribution in [1.29, 1.82) is 0 Å². The fourth-order valence-corrected chi connectivity index (χ4v) is 2.63. The van der Waals surface area contributed by atoms with Crippen molar-refractivity contribution in [2.75, 3.05) is 13.1 Å². The Balaban J connectivity index is 1.94. The second kappa shape index (κ2) is 6.65. The van der Waals surface area contributed by atoms with E-state index in [4.69, 9.17) is 21.1 Å². The second-order valence-corrected chi connectivity index (χ2v) is 7.56. The molecule has 2 rings (SSSR count). The maximum atomic E-state index is 13.7. The number of hydrogen-bond acceptors (Lipinski definition) is 3. The fraction of sp³-hybridized carbons (Fsp3) is 0.588. The van der Waals surface area contributed by atoms with E-state index < -0.39 is 11.2 Å². The normalized spacial score (nSPS) is 21.6. The van der Waals surface area contributed by atoms with Crippen molar-refractivity contribution in [3.8, 4) is 0 Å². The molecule has 0 N–H and O–H groups in total. The van der Waals surface area contributed by atoms with Crippen molar-refractivity contribution in [1.82, 2.24) is 4.90 Å². The molecule has 23 heavy (non-hydrogen) atoms. The number of hydrogen-bond donors (Lipinski definition) is 0. The van der Waals surface area contributed by atoms with Gasteiger partial charge in [0.05, 0.1) is 18.8 Å². The van der Waals surface area contributed by atoms with Crippen LogP contribution in [-0.2, 0) is 16.1 Å². The molecule has 0 radical (unpaired) electrons. The minimum atomic E-state index is -0.527. The lowest BCUT2D eigenvalue weighted by Crippen LogP contribution is -2.39. The first-order chi connectivity index (χ1) is 10.6. The third-order valence-electron chi connectivity index (χ3n) is 3.67. The topological polar surface area (TPSA) is 38.8 Å². The average molecular weight is 344 g/mol. The number of likely N-dealkylation sites (tertiary alicyclic amines) is 1. The summed E-state index contributed by atoms with van der Waals surface area (Å²) in [5, 5.41) is 0.469. The molecule has 1 unspecified atom stereocenters. The van der Waals surface area contributed by atoms with Crippen LogP contribution >= 0.6 is 11.6 Å². The molecule has 1 fully saturated rings. The third-order valence-corrected chi connectivity index (χ3v) is 3.91. The van der Waals surface area contributed by atoms with Crippen LogP contribution in [0.25, 0.3) is 0 Å². The summed E-state index contributed by atoms with van der Waals surface area (Å²) in [6, 6.07) is 4.38. The zero-order valence-electron chi connectivity index (χ0n) is 14.0. The molecular weight excluding hydrogens is 321 g/mol. The number of halogens is 2. The van der Waals surface area contributed by atoms with Crippen LogP contribution in [-0.4, -0.2) is 35.3 Å². The van der Waals surface area contributed by atoms with Crippen molar-refractivity contribution >= 4 is 17.7 Å². The Morgan fingerprint density at radius 1 is 1.43 bits per heavy atom. The van der Waals surface area contributed by atoms with Crippen molar-refractivity contribution in [3.05, 3.63) is 34.6 Å². The van der Waals surface area contributed by atoms with E-state index in [0.29, 0.717) is 30.1 Å². The molecular formula is C17H23ClFNO3. The summed E-state index contributed by atoms with van der Waals surface area (Å²) in [5.74, 6) is -0.347. The van der Waals surface area contributed by atoms with Gasteiger partial charge in [-0.1, -0.05) is 11.6 Å². The van der Waals surface area contributed by atoms with E-state index >= 15 is 0 Å². The molecule has 6 heteroatoms. The molecule has 1 amide bonds. The van der Waals surface area contributed by atoms with Crippen LogP contribution in [0.4, 0.5) is 9.18 Å². The molecule has 0 spiro atoms. The lowest BCUT2D eigenvalue weighted by molar-refractivity contribution is -0.0383. The molecule has 0 aromatic heterocycles. The molecule has 1 aromatic rings. The van der Waals surface area contributed by atoms with Gasteiger partial charge in [0.2, 0.25) is 0 Å². The molecule has 1 heterocycles. The third kappa shape index (κ3) is 5.08. The summed E-state index contributed by atoms with van der Waals surface area (Å²) in [4.78, 5) is 13.7. The lowest BCUT2D eigenvalue weighted by Gasteiger charge is -2.27. The zero-order chi connectivity index (χ0) is 17.3. The molecule has 4 nitrogen and oxygen atoms in total. The quantitative estimate of drug-likeness (QED) is 0.816. The Hall–Kier alpha value is -1.33. The molecule has 1 aliphatic rings. The maximum absolute atomic E-state index is 13.7. The summed E-state index contributed by atoms with van der Waals surface area (Å²) in [6.45, 7) is 8.51.